The highest BCUT2D eigenvalue weighted by Crippen LogP contribution is 2.36. The van der Waals surface area contributed by atoms with Crippen molar-refractivity contribution in [2.75, 3.05) is 7.11 Å². The number of rotatable bonds is 5. The van der Waals surface area contributed by atoms with E-state index in [2.05, 4.69) is 15.0 Å². The highest BCUT2D eigenvalue weighted by atomic mass is 32.2. The number of nitrogens with one attached hydrogen (secondary N) is 1. The first-order valence-electron chi connectivity index (χ1n) is 7.53. The number of aliphatic imine (C=N–C) groups is 1. The van der Waals surface area contributed by atoms with Gasteiger partial charge in [0.25, 0.3) is 5.91 Å². The fourth-order valence-corrected chi connectivity index (χ4v) is 3.10. The predicted octanol–water partition coefficient (Wildman–Crippen LogP) is 4.19. The maximum atomic E-state index is 12.7. The molecule has 0 radical (unpaired) electrons. The molecule has 2 aromatic carbocycles. The van der Waals surface area contributed by atoms with Crippen LogP contribution in [0.5, 0.6) is 11.5 Å². The Morgan fingerprint density at radius 1 is 1.15 bits per heavy atom. The van der Waals surface area contributed by atoms with E-state index in [9.17, 15) is 13.6 Å². The van der Waals surface area contributed by atoms with E-state index >= 15 is 0 Å². The first kappa shape index (κ1) is 17.9. The monoisotopic (exact) mass is 376 g/mol. The zero-order valence-corrected chi connectivity index (χ0v) is 14.4. The van der Waals surface area contributed by atoms with Crippen LogP contribution in [0, 0.1) is 0 Å². The summed E-state index contributed by atoms with van der Waals surface area (Å²) in [6.07, 6.45) is 1.47. The number of amidine groups is 1. The van der Waals surface area contributed by atoms with E-state index < -0.39 is 6.61 Å². The Morgan fingerprint density at radius 3 is 2.62 bits per heavy atom. The number of thioether (sulfide) groups is 1. The largest absolute Gasteiger partial charge is 0.493 e. The minimum atomic E-state index is -3.01. The minimum Gasteiger partial charge on any atom is -0.493 e. The van der Waals surface area contributed by atoms with Gasteiger partial charge in [-0.1, -0.05) is 30.3 Å². The van der Waals surface area contributed by atoms with Crippen LogP contribution in [0.3, 0.4) is 0 Å². The summed E-state index contributed by atoms with van der Waals surface area (Å²) in [6.45, 7) is -3.01. The van der Waals surface area contributed by atoms with Crippen LogP contribution in [-0.2, 0) is 4.79 Å². The topological polar surface area (TPSA) is 59.9 Å². The lowest BCUT2D eigenvalue weighted by molar-refractivity contribution is -0.115. The van der Waals surface area contributed by atoms with E-state index in [0.29, 0.717) is 21.3 Å². The number of hydrogen-bond acceptors (Lipinski definition) is 5. The second kappa shape index (κ2) is 8.01. The number of amides is 1. The van der Waals surface area contributed by atoms with Crippen molar-refractivity contribution in [3.63, 3.8) is 0 Å². The first-order valence-corrected chi connectivity index (χ1v) is 8.35. The molecule has 1 aliphatic heterocycles. The number of hydrogen-bond donors (Lipinski definition) is 1. The molecule has 0 aliphatic carbocycles. The van der Waals surface area contributed by atoms with Crippen molar-refractivity contribution in [2.45, 2.75) is 6.61 Å². The minimum absolute atomic E-state index is 0.126. The van der Waals surface area contributed by atoms with E-state index in [0.717, 1.165) is 11.8 Å². The summed E-state index contributed by atoms with van der Waals surface area (Å²) in [5.74, 6) is -0.337. The normalized spacial score (nSPS) is 17.0. The predicted molar refractivity (Wildman–Crippen MR) is 96.9 cm³/mol. The molecule has 1 N–H and O–H groups in total. The zero-order chi connectivity index (χ0) is 18.5. The molecule has 0 saturated carbocycles. The van der Waals surface area contributed by atoms with E-state index in [1.165, 1.54) is 19.3 Å². The van der Waals surface area contributed by atoms with Crippen molar-refractivity contribution in [3.8, 4) is 11.5 Å². The summed E-state index contributed by atoms with van der Waals surface area (Å²) < 4.78 is 35.0. The fourth-order valence-electron chi connectivity index (χ4n) is 2.26. The van der Waals surface area contributed by atoms with Crippen LogP contribution in [0.2, 0.25) is 0 Å². The SMILES string of the molecule is COc1cccc(/C=C2\SC(=Nc3ccccc3)NC2=O)c1OC(F)F. The third kappa shape index (κ3) is 4.20. The molecule has 0 atom stereocenters. The van der Waals surface area contributed by atoms with Crippen molar-refractivity contribution in [3.05, 3.63) is 59.0 Å². The van der Waals surface area contributed by atoms with Crippen LogP contribution in [0.25, 0.3) is 6.08 Å². The van der Waals surface area contributed by atoms with Gasteiger partial charge in [0.1, 0.15) is 0 Å². The molecule has 0 aromatic heterocycles. The molecular formula is C18H14F2N2O3S. The molecule has 5 nitrogen and oxygen atoms in total. The maximum absolute atomic E-state index is 12.7. The van der Waals surface area contributed by atoms with Crippen LogP contribution < -0.4 is 14.8 Å². The fraction of sp³-hybridized carbons (Fsp3) is 0.111. The summed E-state index contributed by atoms with van der Waals surface area (Å²) >= 11 is 1.12. The van der Waals surface area contributed by atoms with Gasteiger partial charge in [0.05, 0.1) is 17.7 Å². The van der Waals surface area contributed by atoms with E-state index in [4.69, 9.17) is 4.74 Å². The van der Waals surface area contributed by atoms with Crippen molar-refractivity contribution in [2.24, 2.45) is 4.99 Å². The molecule has 134 valence electrons. The third-order valence-electron chi connectivity index (χ3n) is 3.36. The molecule has 0 bridgehead atoms. The van der Waals surface area contributed by atoms with Gasteiger partial charge >= 0.3 is 6.61 Å². The maximum Gasteiger partial charge on any atom is 0.387 e. The summed E-state index contributed by atoms with van der Waals surface area (Å²) in [4.78, 5) is 16.8. The first-order chi connectivity index (χ1) is 12.6. The van der Waals surface area contributed by atoms with Gasteiger partial charge in [0.15, 0.2) is 16.7 Å². The van der Waals surface area contributed by atoms with E-state index in [1.54, 1.807) is 24.3 Å². The Balaban J connectivity index is 1.91. The lowest BCUT2D eigenvalue weighted by atomic mass is 10.1. The number of ether oxygens (including phenoxy) is 2. The quantitative estimate of drug-likeness (QED) is 0.795. The second-order valence-corrected chi connectivity index (χ2v) is 6.11. The highest BCUT2D eigenvalue weighted by Gasteiger charge is 2.25. The third-order valence-corrected chi connectivity index (χ3v) is 4.27. The Labute approximate surface area is 152 Å². The molecule has 0 spiro atoms. The molecule has 1 aliphatic rings. The van der Waals surface area contributed by atoms with Gasteiger partial charge in [-0.05, 0) is 36.0 Å². The van der Waals surface area contributed by atoms with Crippen molar-refractivity contribution in [1.82, 2.24) is 5.32 Å². The molecule has 1 fully saturated rings. The highest BCUT2D eigenvalue weighted by molar-refractivity contribution is 8.18. The number of alkyl halides is 2. The zero-order valence-electron chi connectivity index (χ0n) is 13.6. The number of benzene rings is 2. The average molecular weight is 376 g/mol. The molecule has 0 unspecified atom stereocenters. The molecule has 1 saturated heterocycles. The number of halogens is 2. The molecular weight excluding hydrogens is 362 g/mol. The van der Waals surface area contributed by atoms with Crippen molar-refractivity contribution < 1.29 is 23.0 Å². The summed E-state index contributed by atoms with van der Waals surface area (Å²) in [7, 11) is 1.35. The van der Waals surface area contributed by atoms with Crippen LogP contribution in [-0.4, -0.2) is 24.8 Å². The number of methoxy groups -OCH3 is 1. The number of carbonyl (C=O) groups excluding carboxylic acids is 1. The standard InChI is InChI=1S/C18H14F2N2O3S/c1-24-13-9-5-6-11(15(13)25-17(19)20)10-14-16(23)22-18(26-14)21-12-7-3-2-4-8-12/h2-10,17H,1H3,(H,21,22,23)/b14-10-. The van der Waals surface area contributed by atoms with Gasteiger partial charge in [0, 0.05) is 5.56 Å². The molecule has 26 heavy (non-hydrogen) atoms. The Bertz CT molecular complexity index is 870. The van der Waals surface area contributed by atoms with E-state index in [1.807, 2.05) is 18.2 Å². The van der Waals surface area contributed by atoms with Gasteiger partial charge in [0.2, 0.25) is 0 Å². The van der Waals surface area contributed by atoms with Crippen molar-refractivity contribution in [1.29, 1.82) is 0 Å². The summed E-state index contributed by atoms with van der Waals surface area (Å²) in [5.41, 5.74) is 1.00. The smallest absolute Gasteiger partial charge is 0.387 e. The van der Waals surface area contributed by atoms with Crippen LogP contribution in [0.15, 0.2) is 58.4 Å². The number of carbonyl (C=O) groups is 1. The summed E-state index contributed by atoms with van der Waals surface area (Å²) in [6, 6.07) is 13.8. The van der Waals surface area contributed by atoms with Crippen LogP contribution in [0.1, 0.15) is 5.56 Å². The van der Waals surface area contributed by atoms with Crippen LogP contribution >= 0.6 is 11.8 Å². The summed E-state index contributed by atoms with van der Waals surface area (Å²) in [5, 5.41) is 3.06. The second-order valence-electron chi connectivity index (χ2n) is 5.07. The number of para-hydroxylation sites is 2. The Hall–Kier alpha value is -2.87. The van der Waals surface area contributed by atoms with Gasteiger partial charge in [-0.3, -0.25) is 4.79 Å². The molecule has 2 aromatic rings. The van der Waals surface area contributed by atoms with Gasteiger partial charge in [-0.15, -0.1) is 0 Å². The number of nitrogens with zero attached hydrogens (tertiary/aromatic N) is 1. The van der Waals surface area contributed by atoms with Gasteiger partial charge in [-0.2, -0.15) is 8.78 Å². The Morgan fingerprint density at radius 2 is 1.92 bits per heavy atom. The van der Waals surface area contributed by atoms with Gasteiger partial charge < -0.3 is 14.8 Å². The lowest BCUT2D eigenvalue weighted by Crippen LogP contribution is -2.19. The molecule has 8 heteroatoms. The molecule has 1 heterocycles. The average Bonchev–Trinajstić information content (AvgIpc) is 2.96. The van der Waals surface area contributed by atoms with Crippen LogP contribution in [0.4, 0.5) is 14.5 Å². The lowest BCUT2D eigenvalue weighted by Gasteiger charge is -2.12. The molecule has 1 amide bonds. The van der Waals surface area contributed by atoms with Crippen molar-refractivity contribution >= 4 is 34.6 Å². The molecule has 3 rings (SSSR count). The Kier molecular flexibility index (Phi) is 5.52. The van der Waals surface area contributed by atoms with Gasteiger partial charge in [-0.25, -0.2) is 4.99 Å². The van der Waals surface area contributed by atoms with E-state index in [-0.39, 0.29) is 17.4 Å².